The molecule has 1 N–H and O–H groups in total. The topological polar surface area (TPSA) is 24.9 Å². The predicted molar refractivity (Wildman–Crippen MR) is 74.8 cm³/mol. The van der Waals surface area contributed by atoms with Crippen LogP contribution in [0.2, 0.25) is 0 Å². The van der Waals surface area contributed by atoms with Crippen molar-refractivity contribution in [1.29, 1.82) is 0 Å². The summed E-state index contributed by atoms with van der Waals surface area (Å²) in [6.45, 7) is 0.961. The number of pyridine rings is 1. The SMILES string of the molecule is ClCCCCCNc1ccc2ccccc2n1. The van der Waals surface area contributed by atoms with Gasteiger partial charge in [-0.3, -0.25) is 0 Å². The van der Waals surface area contributed by atoms with Gasteiger partial charge in [0.25, 0.3) is 0 Å². The molecule has 3 heteroatoms. The Hall–Kier alpha value is -1.28. The molecule has 0 radical (unpaired) electrons. The summed E-state index contributed by atoms with van der Waals surface area (Å²) in [7, 11) is 0. The monoisotopic (exact) mass is 248 g/mol. The Morgan fingerprint density at radius 2 is 1.88 bits per heavy atom. The van der Waals surface area contributed by atoms with Crippen molar-refractivity contribution < 1.29 is 0 Å². The number of hydrogen-bond acceptors (Lipinski definition) is 2. The van der Waals surface area contributed by atoms with Crippen LogP contribution in [-0.2, 0) is 0 Å². The van der Waals surface area contributed by atoms with E-state index in [1.54, 1.807) is 0 Å². The van der Waals surface area contributed by atoms with Gasteiger partial charge in [-0.1, -0.05) is 24.6 Å². The van der Waals surface area contributed by atoms with Crippen LogP contribution in [0, 0.1) is 0 Å². The molecule has 0 aliphatic heterocycles. The zero-order valence-corrected chi connectivity index (χ0v) is 10.6. The minimum absolute atomic E-state index is 0.758. The Balaban J connectivity index is 1.90. The first kappa shape index (κ1) is 12.2. The third-order valence-electron chi connectivity index (χ3n) is 2.71. The van der Waals surface area contributed by atoms with E-state index >= 15 is 0 Å². The maximum atomic E-state index is 5.63. The van der Waals surface area contributed by atoms with Crippen LogP contribution >= 0.6 is 11.6 Å². The molecule has 1 heterocycles. The number of para-hydroxylation sites is 1. The summed E-state index contributed by atoms with van der Waals surface area (Å²) in [4.78, 5) is 4.56. The highest BCUT2D eigenvalue weighted by Crippen LogP contribution is 2.14. The molecule has 1 aromatic heterocycles. The summed E-state index contributed by atoms with van der Waals surface area (Å²) in [5, 5.41) is 4.52. The molecule has 0 aliphatic rings. The largest absolute Gasteiger partial charge is 0.370 e. The lowest BCUT2D eigenvalue weighted by Gasteiger charge is -2.06. The number of halogens is 1. The maximum absolute atomic E-state index is 5.63. The molecule has 2 nitrogen and oxygen atoms in total. The van der Waals surface area contributed by atoms with Gasteiger partial charge < -0.3 is 5.32 Å². The number of benzene rings is 1. The Morgan fingerprint density at radius 1 is 1.00 bits per heavy atom. The van der Waals surface area contributed by atoms with Gasteiger partial charge >= 0.3 is 0 Å². The number of alkyl halides is 1. The van der Waals surface area contributed by atoms with Crippen LogP contribution in [0.1, 0.15) is 19.3 Å². The quantitative estimate of drug-likeness (QED) is 0.616. The number of nitrogens with one attached hydrogen (secondary N) is 1. The molecule has 0 amide bonds. The molecular formula is C14H17ClN2. The van der Waals surface area contributed by atoms with Crippen molar-refractivity contribution in [2.75, 3.05) is 17.7 Å². The molecule has 17 heavy (non-hydrogen) atoms. The molecular weight excluding hydrogens is 232 g/mol. The van der Waals surface area contributed by atoms with Crippen molar-refractivity contribution in [3.63, 3.8) is 0 Å². The van der Waals surface area contributed by atoms with Crippen LogP contribution in [0.5, 0.6) is 0 Å². The van der Waals surface area contributed by atoms with E-state index in [1.807, 2.05) is 24.3 Å². The zero-order valence-electron chi connectivity index (χ0n) is 9.82. The Kier molecular flexibility index (Phi) is 4.63. The van der Waals surface area contributed by atoms with Crippen LogP contribution in [0.25, 0.3) is 10.9 Å². The van der Waals surface area contributed by atoms with Crippen molar-refractivity contribution in [2.45, 2.75) is 19.3 Å². The summed E-state index contributed by atoms with van der Waals surface area (Å²) in [6, 6.07) is 12.3. The lowest BCUT2D eigenvalue weighted by Crippen LogP contribution is -2.03. The van der Waals surface area contributed by atoms with Crippen molar-refractivity contribution in [2.24, 2.45) is 0 Å². The van der Waals surface area contributed by atoms with Crippen LogP contribution in [0.3, 0.4) is 0 Å². The summed E-state index contributed by atoms with van der Waals surface area (Å²) in [6.07, 6.45) is 3.40. The summed E-state index contributed by atoms with van der Waals surface area (Å²) >= 11 is 5.63. The van der Waals surface area contributed by atoms with Gasteiger partial charge in [0.2, 0.25) is 0 Å². The van der Waals surface area contributed by atoms with E-state index in [-0.39, 0.29) is 0 Å². The van der Waals surface area contributed by atoms with E-state index in [0.717, 1.165) is 36.6 Å². The standard InChI is InChI=1S/C14H17ClN2/c15-10-4-1-5-11-16-14-9-8-12-6-2-3-7-13(12)17-14/h2-3,6-9H,1,4-5,10-11H2,(H,16,17). The molecule has 0 aliphatic carbocycles. The van der Waals surface area contributed by atoms with Crippen molar-refractivity contribution in [1.82, 2.24) is 4.98 Å². The van der Waals surface area contributed by atoms with E-state index in [0.29, 0.717) is 0 Å². The molecule has 2 aromatic rings. The van der Waals surface area contributed by atoms with Gasteiger partial charge in [-0.15, -0.1) is 11.6 Å². The minimum atomic E-state index is 0.758. The van der Waals surface area contributed by atoms with E-state index in [2.05, 4.69) is 22.4 Å². The molecule has 0 saturated carbocycles. The summed E-state index contributed by atoms with van der Waals surface area (Å²) in [5.74, 6) is 1.71. The lowest BCUT2D eigenvalue weighted by molar-refractivity contribution is 0.746. The number of unbranched alkanes of at least 4 members (excludes halogenated alkanes) is 2. The highest BCUT2D eigenvalue weighted by atomic mass is 35.5. The van der Waals surface area contributed by atoms with Crippen LogP contribution in [-0.4, -0.2) is 17.4 Å². The van der Waals surface area contributed by atoms with Crippen molar-refractivity contribution >= 4 is 28.3 Å². The second kappa shape index (κ2) is 6.45. The maximum Gasteiger partial charge on any atom is 0.126 e. The molecule has 1 aromatic carbocycles. The Morgan fingerprint density at radius 3 is 2.76 bits per heavy atom. The van der Waals surface area contributed by atoms with Gasteiger partial charge in [-0.25, -0.2) is 4.98 Å². The van der Waals surface area contributed by atoms with Gasteiger partial charge in [0, 0.05) is 17.8 Å². The van der Waals surface area contributed by atoms with Gasteiger partial charge in [-0.2, -0.15) is 0 Å². The van der Waals surface area contributed by atoms with Gasteiger partial charge in [-0.05, 0) is 31.0 Å². The van der Waals surface area contributed by atoms with Gasteiger partial charge in [0.15, 0.2) is 0 Å². The molecule has 0 fully saturated rings. The molecule has 2 rings (SSSR count). The Labute approximate surface area is 107 Å². The first-order valence-electron chi connectivity index (χ1n) is 6.06. The fourth-order valence-corrected chi connectivity index (χ4v) is 1.97. The zero-order chi connectivity index (χ0) is 11.9. The van der Waals surface area contributed by atoms with Gasteiger partial charge in [0.05, 0.1) is 5.52 Å². The Bertz CT molecular complexity index is 470. The molecule has 0 atom stereocenters. The first-order valence-corrected chi connectivity index (χ1v) is 6.59. The number of nitrogens with zero attached hydrogens (tertiary/aromatic N) is 1. The average molecular weight is 249 g/mol. The molecule has 0 unspecified atom stereocenters. The van der Waals surface area contributed by atoms with Gasteiger partial charge in [0.1, 0.15) is 5.82 Å². The summed E-state index contributed by atoms with van der Waals surface area (Å²) in [5.41, 5.74) is 1.04. The molecule has 0 spiro atoms. The van der Waals surface area contributed by atoms with Crippen LogP contribution in [0.15, 0.2) is 36.4 Å². The third kappa shape index (κ3) is 3.60. The first-order chi connectivity index (χ1) is 8.40. The predicted octanol–water partition coefficient (Wildman–Crippen LogP) is 4.06. The second-order valence-electron chi connectivity index (χ2n) is 4.07. The summed E-state index contributed by atoms with van der Waals surface area (Å²) < 4.78 is 0. The fourth-order valence-electron chi connectivity index (χ4n) is 1.78. The fraction of sp³-hybridized carbons (Fsp3) is 0.357. The highest BCUT2D eigenvalue weighted by molar-refractivity contribution is 6.17. The van der Waals surface area contributed by atoms with E-state index in [4.69, 9.17) is 11.6 Å². The molecule has 0 bridgehead atoms. The number of aromatic nitrogens is 1. The molecule has 0 saturated heterocycles. The van der Waals surface area contributed by atoms with Crippen LogP contribution < -0.4 is 5.32 Å². The third-order valence-corrected chi connectivity index (χ3v) is 2.98. The number of fused-ring (bicyclic) bond motifs is 1. The normalized spacial score (nSPS) is 10.6. The number of rotatable bonds is 6. The number of anilines is 1. The highest BCUT2D eigenvalue weighted by Gasteiger charge is 1.96. The average Bonchev–Trinajstić information content (AvgIpc) is 2.38. The lowest BCUT2D eigenvalue weighted by atomic mass is 10.2. The van der Waals surface area contributed by atoms with Crippen molar-refractivity contribution in [3.8, 4) is 0 Å². The van der Waals surface area contributed by atoms with E-state index < -0.39 is 0 Å². The molecule has 90 valence electrons. The van der Waals surface area contributed by atoms with Crippen molar-refractivity contribution in [3.05, 3.63) is 36.4 Å². The smallest absolute Gasteiger partial charge is 0.126 e. The number of hydrogen-bond donors (Lipinski definition) is 1. The van der Waals surface area contributed by atoms with E-state index in [9.17, 15) is 0 Å². The van der Waals surface area contributed by atoms with E-state index in [1.165, 1.54) is 11.8 Å². The van der Waals surface area contributed by atoms with Crippen LogP contribution in [0.4, 0.5) is 5.82 Å². The minimum Gasteiger partial charge on any atom is -0.370 e. The second-order valence-corrected chi connectivity index (χ2v) is 4.44.